The monoisotopic (exact) mass is 343 g/mol. The van der Waals surface area contributed by atoms with Gasteiger partial charge in [-0.05, 0) is 30.5 Å². The van der Waals surface area contributed by atoms with E-state index in [9.17, 15) is 14.9 Å². The van der Waals surface area contributed by atoms with E-state index in [0.717, 1.165) is 11.3 Å². The second kappa shape index (κ2) is 8.73. The number of carbonyl (C=O) groups is 2. The van der Waals surface area contributed by atoms with E-state index in [1.807, 2.05) is 23.1 Å². The van der Waals surface area contributed by atoms with Crippen LogP contribution in [0.5, 0.6) is 5.75 Å². The van der Waals surface area contributed by atoms with Crippen LogP contribution in [0.25, 0.3) is 0 Å². The van der Waals surface area contributed by atoms with Gasteiger partial charge in [0.1, 0.15) is 17.4 Å². The molecule has 132 valence electrons. The maximum atomic E-state index is 12.2. The number of methoxy groups -OCH3 is 1. The lowest BCUT2D eigenvalue weighted by molar-refractivity contribution is -0.143. The number of rotatable bonds is 6. The van der Waals surface area contributed by atoms with E-state index >= 15 is 0 Å². The molecule has 0 unspecified atom stereocenters. The summed E-state index contributed by atoms with van der Waals surface area (Å²) in [5, 5.41) is 20.9. The van der Waals surface area contributed by atoms with Gasteiger partial charge in [0.15, 0.2) is 0 Å². The first kappa shape index (κ1) is 18.3. The van der Waals surface area contributed by atoms with Crippen molar-refractivity contribution < 1.29 is 19.4 Å². The third-order valence-electron chi connectivity index (χ3n) is 4.17. The molecule has 0 aromatic heterocycles. The van der Waals surface area contributed by atoms with Gasteiger partial charge in [-0.2, -0.15) is 5.26 Å². The Morgan fingerprint density at radius 3 is 2.52 bits per heavy atom. The molecule has 0 aliphatic carbocycles. The minimum absolute atomic E-state index is 0.0160. The van der Waals surface area contributed by atoms with E-state index in [4.69, 9.17) is 9.84 Å². The third-order valence-corrected chi connectivity index (χ3v) is 4.17. The van der Waals surface area contributed by atoms with E-state index in [1.54, 1.807) is 19.2 Å². The zero-order chi connectivity index (χ0) is 18.2. The molecule has 25 heavy (non-hydrogen) atoms. The summed E-state index contributed by atoms with van der Waals surface area (Å²) in [6.45, 7) is 1.35. The Bertz CT molecular complexity index is 683. The molecule has 7 nitrogen and oxygen atoms in total. The van der Waals surface area contributed by atoms with Gasteiger partial charge in [0.05, 0.1) is 13.0 Å². The highest BCUT2D eigenvalue weighted by atomic mass is 16.5. The van der Waals surface area contributed by atoms with Gasteiger partial charge < -0.3 is 20.1 Å². The molecule has 1 fully saturated rings. The van der Waals surface area contributed by atoms with Crippen LogP contribution in [-0.2, 0) is 16.1 Å². The summed E-state index contributed by atoms with van der Waals surface area (Å²) < 4.78 is 5.08. The van der Waals surface area contributed by atoms with E-state index in [2.05, 4.69) is 5.32 Å². The number of aliphatic carboxylic acids is 1. The number of carboxylic acids is 1. The van der Waals surface area contributed by atoms with Gasteiger partial charge in [-0.3, -0.25) is 9.59 Å². The first-order chi connectivity index (χ1) is 12.0. The first-order valence-corrected chi connectivity index (χ1v) is 8.03. The van der Waals surface area contributed by atoms with Crippen LogP contribution in [0.1, 0.15) is 18.4 Å². The molecule has 1 aliphatic rings. The molecule has 0 spiro atoms. The summed E-state index contributed by atoms with van der Waals surface area (Å²) >= 11 is 0. The number of nitrogens with zero attached hydrogens (tertiary/aromatic N) is 2. The Balaban J connectivity index is 1.89. The summed E-state index contributed by atoms with van der Waals surface area (Å²) in [6.07, 6.45) is 2.54. The lowest BCUT2D eigenvalue weighted by Crippen LogP contribution is -2.34. The standard InChI is InChI=1S/C18H21N3O4/c1-25-16-4-2-13(3-5-16)11-20-17(22)15(10-19)12-21-8-6-14(7-9-21)18(23)24/h2-5,12,14H,6-9,11H2,1H3,(H,20,22)(H,23,24). The summed E-state index contributed by atoms with van der Waals surface area (Å²) in [7, 11) is 1.58. The van der Waals surface area contributed by atoms with Crippen molar-refractivity contribution in [2.45, 2.75) is 19.4 Å². The van der Waals surface area contributed by atoms with Crippen LogP contribution in [0, 0.1) is 17.2 Å². The Labute approximate surface area is 146 Å². The predicted molar refractivity (Wildman–Crippen MR) is 90.5 cm³/mol. The third kappa shape index (κ3) is 5.24. The van der Waals surface area contributed by atoms with Crippen molar-refractivity contribution in [3.63, 3.8) is 0 Å². The number of ether oxygens (including phenoxy) is 1. The summed E-state index contributed by atoms with van der Waals surface area (Å²) in [4.78, 5) is 24.9. The van der Waals surface area contributed by atoms with Crippen molar-refractivity contribution >= 4 is 11.9 Å². The molecule has 2 N–H and O–H groups in total. The van der Waals surface area contributed by atoms with Crippen LogP contribution in [0.3, 0.4) is 0 Å². The molecule has 1 saturated heterocycles. The van der Waals surface area contributed by atoms with E-state index < -0.39 is 11.9 Å². The number of hydrogen-bond acceptors (Lipinski definition) is 5. The van der Waals surface area contributed by atoms with Crippen LogP contribution in [0.15, 0.2) is 36.0 Å². The highest BCUT2D eigenvalue weighted by Crippen LogP contribution is 2.18. The quantitative estimate of drug-likeness (QED) is 0.600. The summed E-state index contributed by atoms with van der Waals surface area (Å²) in [5.41, 5.74) is 0.913. The molecule has 2 rings (SSSR count). The highest BCUT2D eigenvalue weighted by molar-refractivity contribution is 5.97. The zero-order valence-corrected chi connectivity index (χ0v) is 14.1. The van der Waals surface area contributed by atoms with Crippen molar-refractivity contribution in [3.05, 3.63) is 41.6 Å². The average molecular weight is 343 g/mol. The van der Waals surface area contributed by atoms with Gasteiger partial charge >= 0.3 is 5.97 Å². The highest BCUT2D eigenvalue weighted by Gasteiger charge is 2.23. The summed E-state index contributed by atoms with van der Waals surface area (Å²) in [6, 6.07) is 9.19. The molecule has 1 aliphatic heterocycles. The number of piperidine rings is 1. The van der Waals surface area contributed by atoms with Crippen molar-refractivity contribution in [1.29, 1.82) is 5.26 Å². The van der Waals surface area contributed by atoms with Crippen LogP contribution < -0.4 is 10.1 Å². The number of nitriles is 1. The molecule has 0 bridgehead atoms. The lowest BCUT2D eigenvalue weighted by Gasteiger charge is -2.29. The topological polar surface area (TPSA) is 103 Å². The number of benzene rings is 1. The second-order valence-electron chi connectivity index (χ2n) is 5.83. The Morgan fingerprint density at radius 1 is 1.36 bits per heavy atom. The normalized spacial score (nSPS) is 15.4. The number of likely N-dealkylation sites (tertiary alicyclic amines) is 1. The van der Waals surface area contributed by atoms with Crippen LogP contribution in [0.2, 0.25) is 0 Å². The van der Waals surface area contributed by atoms with Crippen LogP contribution >= 0.6 is 0 Å². The Hall–Kier alpha value is -3.01. The van der Waals surface area contributed by atoms with Crippen molar-refractivity contribution in [3.8, 4) is 11.8 Å². The van der Waals surface area contributed by atoms with E-state index in [0.29, 0.717) is 32.5 Å². The molecular weight excluding hydrogens is 322 g/mol. The van der Waals surface area contributed by atoms with E-state index in [1.165, 1.54) is 6.20 Å². The number of carbonyl (C=O) groups excluding carboxylic acids is 1. The molecule has 0 radical (unpaired) electrons. The number of hydrogen-bond donors (Lipinski definition) is 2. The fourth-order valence-electron chi connectivity index (χ4n) is 2.62. The molecular formula is C18H21N3O4. The largest absolute Gasteiger partial charge is 0.497 e. The second-order valence-corrected chi connectivity index (χ2v) is 5.83. The van der Waals surface area contributed by atoms with Gasteiger partial charge in [-0.1, -0.05) is 12.1 Å². The minimum Gasteiger partial charge on any atom is -0.497 e. The van der Waals surface area contributed by atoms with Gasteiger partial charge in [0.25, 0.3) is 5.91 Å². The van der Waals surface area contributed by atoms with Crippen LogP contribution in [-0.4, -0.2) is 42.1 Å². The van der Waals surface area contributed by atoms with Crippen LogP contribution in [0.4, 0.5) is 0 Å². The molecule has 0 saturated carbocycles. The number of nitrogens with one attached hydrogen (secondary N) is 1. The van der Waals surface area contributed by atoms with Gasteiger partial charge in [0, 0.05) is 25.8 Å². The Kier molecular flexibility index (Phi) is 6.40. The molecule has 7 heteroatoms. The SMILES string of the molecule is COc1ccc(CNC(=O)C(C#N)=CN2CCC(C(=O)O)CC2)cc1. The molecule has 1 heterocycles. The number of amides is 1. The molecule has 0 atom stereocenters. The van der Waals surface area contributed by atoms with Crippen molar-refractivity contribution in [1.82, 2.24) is 10.2 Å². The Morgan fingerprint density at radius 2 is 2.00 bits per heavy atom. The zero-order valence-electron chi connectivity index (χ0n) is 14.1. The summed E-state index contributed by atoms with van der Waals surface area (Å²) in [5.74, 6) is -0.850. The van der Waals surface area contributed by atoms with Crippen molar-refractivity contribution in [2.24, 2.45) is 5.92 Å². The fourth-order valence-corrected chi connectivity index (χ4v) is 2.62. The lowest BCUT2D eigenvalue weighted by atomic mass is 9.97. The van der Waals surface area contributed by atoms with Gasteiger partial charge in [-0.15, -0.1) is 0 Å². The predicted octanol–water partition coefficient (Wildman–Crippen LogP) is 1.52. The fraction of sp³-hybridized carbons (Fsp3) is 0.389. The smallest absolute Gasteiger partial charge is 0.306 e. The molecule has 1 aromatic carbocycles. The average Bonchev–Trinajstić information content (AvgIpc) is 2.64. The maximum absolute atomic E-state index is 12.2. The molecule has 1 aromatic rings. The molecule has 1 amide bonds. The maximum Gasteiger partial charge on any atom is 0.306 e. The van der Waals surface area contributed by atoms with E-state index in [-0.39, 0.29) is 11.5 Å². The van der Waals surface area contributed by atoms with Gasteiger partial charge in [-0.25, -0.2) is 0 Å². The number of carboxylic acid groups (broad SMARTS) is 1. The first-order valence-electron chi connectivity index (χ1n) is 8.03. The van der Waals surface area contributed by atoms with Gasteiger partial charge in [0.2, 0.25) is 0 Å². The minimum atomic E-state index is -0.790. The van der Waals surface area contributed by atoms with Crippen molar-refractivity contribution in [2.75, 3.05) is 20.2 Å².